The van der Waals surface area contributed by atoms with E-state index in [0.717, 1.165) is 22.8 Å². The first-order chi connectivity index (χ1) is 13.4. The summed E-state index contributed by atoms with van der Waals surface area (Å²) in [5.74, 6) is 0.948. The summed E-state index contributed by atoms with van der Waals surface area (Å²) in [7, 11) is 0. The number of hydrogen-bond donors (Lipinski definition) is 1. The maximum atomic E-state index is 4.63. The number of anilines is 2. The number of H-pyrrole nitrogens is 1. The SMILES string of the molecule is C1=C\C=C/C(c2cc(N([I-]c3ccccc3)c3ccccc3)n[nH]2)=C\C=C/1. The molecule has 0 fully saturated rings. The van der Waals surface area contributed by atoms with Crippen LogP contribution in [-0.4, -0.2) is 10.2 Å². The first-order valence-corrected chi connectivity index (χ1v) is 10.8. The molecule has 3 aromatic rings. The Kier molecular flexibility index (Phi) is 5.64. The van der Waals surface area contributed by atoms with Crippen LogP contribution < -0.4 is 24.6 Å². The van der Waals surface area contributed by atoms with Crippen molar-refractivity contribution in [3.63, 3.8) is 0 Å². The molecule has 0 amide bonds. The van der Waals surface area contributed by atoms with Gasteiger partial charge in [0.1, 0.15) is 0 Å². The Labute approximate surface area is 170 Å². The first-order valence-electron chi connectivity index (χ1n) is 8.73. The standard InChI is InChI=1S/C23H19IN3/c1-2-6-12-19(13-7-3-1)22-18-23(26-25-22)27(21-16-10-5-11-17-21)24-20-14-8-4-9-15-20/h1-18H,(H,25,26)/q-1/b2-1-,3-1?,6-2?,7-3-,12-6-,13-7?,19-12?,19-13+. The van der Waals surface area contributed by atoms with Gasteiger partial charge in [0.2, 0.25) is 0 Å². The molecule has 1 aliphatic rings. The number of halogens is 1. The van der Waals surface area contributed by atoms with Crippen LogP contribution in [0.4, 0.5) is 11.5 Å². The number of aromatic nitrogens is 2. The fourth-order valence-electron chi connectivity index (χ4n) is 2.66. The summed E-state index contributed by atoms with van der Waals surface area (Å²) in [5.41, 5.74) is 3.29. The molecule has 0 saturated carbocycles. The summed E-state index contributed by atoms with van der Waals surface area (Å²) < 4.78 is 3.68. The molecule has 0 radical (unpaired) electrons. The van der Waals surface area contributed by atoms with E-state index in [-0.39, 0.29) is 0 Å². The molecule has 4 heteroatoms. The van der Waals surface area contributed by atoms with Crippen molar-refractivity contribution in [3.05, 3.63) is 119 Å². The van der Waals surface area contributed by atoms with Gasteiger partial charge in [0.15, 0.2) is 0 Å². The number of benzene rings is 2. The molecule has 3 nitrogen and oxygen atoms in total. The summed E-state index contributed by atoms with van der Waals surface area (Å²) in [6.07, 6.45) is 14.3. The average molecular weight is 464 g/mol. The van der Waals surface area contributed by atoms with Crippen LogP contribution >= 0.6 is 0 Å². The van der Waals surface area contributed by atoms with Gasteiger partial charge in [-0.15, -0.1) is 0 Å². The molecule has 0 atom stereocenters. The van der Waals surface area contributed by atoms with Crippen molar-refractivity contribution in [3.8, 4) is 0 Å². The summed E-state index contributed by atoms with van der Waals surface area (Å²) >= 11 is -0.423. The van der Waals surface area contributed by atoms with E-state index in [1.54, 1.807) is 0 Å². The molecule has 27 heavy (non-hydrogen) atoms. The molecule has 0 bridgehead atoms. The van der Waals surface area contributed by atoms with Crippen molar-refractivity contribution in [2.24, 2.45) is 0 Å². The van der Waals surface area contributed by atoms with Crippen LogP contribution in [0.15, 0.2) is 109 Å². The monoisotopic (exact) mass is 464 g/mol. The minimum atomic E-state index is -0.423. The Balaban J connectivity index is 1.68. The summed E-state index contributed by atoms with van der Waals surface area (Å²) in [6, 6.07) is 23.2. The first kappa shape index (κ1) is 17.5. The van der Waals surface area contributed by atoms with Crippen LogP contribution in [0.5, 0.6) is 0 Å². The van der Waals surface area contributed by atoms with Gasteiger partial charge in [-0.1, -0.05) is 0 Å². The van der Waals surface area contributed by atoms with E-state index >= 15 is 0 Å². The molecule has 4 rings (SSSR count). The Hall–Kier alpha value is -2.86. The Morgan fingerprint density at radius 3 is 2.30 bits per heavy atom. The molecule has 2 aromatic carbocycles. The molecule has 1 N–H and O–H groups in total. The predicted octanol–water partition coefficient (Wildman–Crippen LogP) is 2.49. The second kappa shape index (κ2) is 8.68. The summed E-state index contributed by atoms with van der Waals surface area (Å²) in [5, 5.41) is 7.84. The third-order valence-corrected chi connectivity index (χ3v) is 6.78. The number of aromatic amines is 1. The number of nitrogens with one attached hydrogen (secondary N) is 1. The van der Waals surface area contributed by atoms with E-state index in [1.807, 2.05) is 36.4 Å². The van der Waals surface area contributed by atoms with Crippen LogP contribution in [0.1, 0.15) is 5.69 Å². The molecule has 0 saturated heterocycles. The Morgan fingerprint density at radius 2 is 1.48 bits per heavy atom. The van der Waals surface area contributed by atoms with Crippen LogP contribution in [0.25, 0.3) is 5.57 Å². The number of allylic oxidation sites excluding steroid dienone is 8. The van der Waals surface area contributed by atoms with E-state index in [2.05, 4.69) is 86.1 Å². The minimum absolute atomic E-state index is 0.423. The second-order valence-electron chi connectivity index (χ2n) is 5.89. The third-order valence-electron chi connectivity index (χ3n) is 3.97. The topological polar surface area (TPSA) is 31.9 Å². The van der Waals surface area contributed by atoms with E-state index in [0.29, 0.717) is 0 Å². The van der Waals surface area contributed by atoms with Crippen LogP contribution in [0.3, 0.4) is 0 Å². The molecule has 0 unspecified atom stereocenters. The van der Waals surface area contributed by atoms with Crippen molar-refractivity contribution in [2.75, 3.05) is 3.11 Å². The number of nitrogens with zero attached hydrogens (tertiary/aromatic N) is 2. The van der Waals surface area contributed by atoms with Crippen molar-refractivity contribution >= 4 is 17.1 Å². The molecular weight excluding hydrogens is 445 g/mol. The zero-order valence-corrected chi connectivity index (χ0v) is 16.8. The Morgan fingerprint density at radius 1 is 0.778 bits per heavy atom. The van der Waals surface area contributed by atoms with Gasteiger partial charge in [-0.2, -0.15) is 0 Å². The normalized spacial score (nSPS) is 18.7. The second-order valence-corrected chi connectivity index (χ2v) is 8.58. The predicted molar refractivity (Wildman–Crippen MR) is 108 cm³/mol. The summed E-state index contributed by atoms with van der Waals surface area (Å²) in [6.45, 7) is 0. The Bertz CT molecular complexity index is 998. The summed E-state index contributed by atoms with van der Waals surface area (Å²) in [4.78, 5) is 0. The molecular formula is C23H19IN3-. The number of para-hydroxylation sites is 1. The van der Waals surface area contributed by atoms with E-state index in [4.69, 9.17) is 0 Å². The van der Waals surface area contributed by atoms with E-state index in [9.17, 15) is 0 Å². The molecule has 0 aliphatic heterocycles. The van der Waals surface area contributed by atoms with Gasteiger partial charge in [-0.3, -0.25) is 0 Å². The molecule has 0 spiro atoms. The van der Waals surface area contributed by atoms with E-state index < -0.39 is 21.5 Å². The van der Waals surface area contributed by atoms with Crippen molar-refractivity contribution in [2.45, 2.75) is 0 Å². The third kappa shape index (κ3) is 4.46. The van der Waals surface area contributed by atoms with Crippen LogP contribution in [-0.2, 0) is 0 Å². The van der Waals surface area contributed by atoms with Gasteiger partial charge in [0.05, 0.1) is 0 Å². The van der Waals surface area contributed by atoms with Crippen molar-refractivity contribution < 1.29 is 21.5 Å². The maximum absolute atomic E-state index is 4.63. The zero-order valence-electron chi connectivity index (χ0n) is 14.7. The van der Waals surface area contributed by atoms with Crippen LogP contribution in [0.2, 0.25) is 0 Å². The van der Waals surface area contributed by atoms with Crippen molar-refractivity contribution in [1.29, 1.82) is 0 Å². The molecule has 1 aromatic heterocycles. The number of rotatable bonds is 5. The zero-order chi connectivity index (χ0) is 18.3. The quantitative estimate of drug-likeness (QED) is 0.465. The van der Waals surface area contributed by atoms with Gasteiger partial charge >= 0.3 is 170 Å². The van der Waals surface area contributed by atoms with Gasteiger partial charge in [-0.05, 0) is 0 Å². The fourth-order valence-corrected chi connectivity index (χ4v) is 5.05. The van der Waals surface area contributed by atoms with Gasteiger partial charge in [0, 0.05) is 0 Å². The number of hydrogen-bond acceptors (Lipinski definition) is 2. The average Bonchev–Trinajstić information content (AvgIpc) is 3.17. The molecule has 1 aliphatic carbocycles. The molecule has 134 valence electrons. The van der Waals surface area contributed by atoms with Crippen LogP contribution in [0, 0.1) is 3.57 Å². The van der Waals surface area contributed by atoms with Crippen molar-refractivity contribution in [1.82, 2.24) is 10.2 Å². The van der Waals surface area contributed by atoms with E-state index in [1.165, 1.54) is 3.57 Å². The fraction of sp³-hybridized carbons (Fsp3) is 0. The van der Waals surface area contributed by atoms with Gasteiger partial charge in [0.25, 0.3) is 0 Å². The van der Waals surface area contributed by atoms with Gasteiger partial charge in [-0.25, -0.2) is 0 Å². The van der Waals surface area contributed by atoms with Gasteiger partial charge < -0.3 is 0 Å². The molecule has 1 heterocycles.